The fourth-order valence-electron chi connectivity index (χ4n) is 4.54. The van der Waals surface area contributed by atoms with Gasteiger partial charge in [0.2, 0.25) is 11.8 Å². The number of carbonyl (C=O) groups is 2. The monoisotopic (exact) mass is 541 g/mol. The second-order valence-corrected chi connectivity index (χ2v) is 12.0. The molecule has 0 fully saturated rings. The van der Waals surface area contributed by atoms with Crippen molar-refractivity contribution in [3.05, 3.63) is 71.2 Å². The minimum Gasteiger partial charge on any atom is -0.354 e. The molecule has 0 aliphatic carbocycles. The van der Waals surface area contributed by atoms with E-state index in [1.165, 1.54) is 4.31 Å². The summed E-state index contributed by atoms with van der Waals surface area (Å²) in [4.78, 5) is 28.1. The Morgan fingerprint density at radius 3 is 2.35 bits per heavy atom. The van der Waals surface area contributed by atoms with Gasteiger partial charge in [-0.2, -0.15) is 0 Å². The van der Waals surface area contributed by atoms with E-state index < -0.39 is 16.1 Å². The minimum absolute atomic E-state index is 0.105. The molecule has 0 unspecified atom stereocenters. The Hall–Kier alpha value is -3.10. The number of halogens is 1. The van der Waals surface area contributed by atoms with Crippen LogP contribution in [0.5, 0.6) is 0 Å². The summed E-state index contributed by atoms with van der Waals surface area (Å²) in [6.07, 6.45) is 0.424. The average Bonchev–Trinajstić information content (AvgIpc) is 3.09. The second kappa shape index (κ2) is 11.1. The summed E-state index contributed by atoms with van der Waals surface area (Å²) in [5, 5.41) is 5.08. The Kier molecular flexibility index (Phi) is 8.09. The Morgan fingerprint density at radius 2 is 1.68 bits per heavy atom. The highest BCUT2D eigenvalue weighted by molar-refractivity contribution is 7.93. The lowest BCUT2D eigenvalue weighted by atomic mass is 10.1. The molecular weight excluding hydrogens is 510 g/mol. The molecule has 1 N–H and O–H groups in total. The molecule has 7 nitrogen and oxygen atoms in total. The molecule has 1 aliphatic heterocycles. The molecule has 1 aliphatic rings. The van der Waals surface area contributed by atoms with Crippen molar-refractivity contribution in [2.45, 2.75) is 51.1 Å². The molecule has 2 amide bonds. The van der Waals surface area contributed by atoms with Crippen LogP contribution in [0.4, 0.5) is 5.69 Å². The number of sulfonamides is 1. The SMILES string of the molecule is CC(C)CNC(=O)[C@@H](C)N(Cc1ccc(Cl)cc1)C(=O)CCCN1c2cccc3cccc(c23)S1(=O)=O. The quantitative estimate of drug-likeness (QED) is 0.392. The van der Waals surface area contributed by atoms with Crippen LogP contribution in [0.2, 0.25) is 5.02 Å². The summed E-state index contributed by atoms with van der Waals surface area (Å²) in [6, 6.07) is 17.3. The summed E-state index contributed by atoms with van der Waals surface area (Å²) in [5.41, 5.74) is 1.49. The highest BCUT2D eigenvalue weighted by Crippen LogP contribution is 2.42. The maximum Gasteiger partial charge on any atom is 0.265 e. The topological polar surface area (TPSA) is 86.8 Å². The van der Waals surface area contributed by atoms with Crippen LogP contribution < -0.4 is 9.62 Å². The van der Waals surface area contributed by atoms with E-state index in [0.717, 1.165) is 16.3 Å². The van der Waals surface area contributed by atoms with Crippen molar-refractivity contribution < 1.29 is 18.0 Å². The third kappa shape index (κ3) is 5.75. The zero-order chi connectivity index (χ0) is 26.7. The smallest absolute Gasteiger partial charge is 0.265 e. The fraction of sp³-hybridized carbons (Fsp3) is 0.357. The van der Waals surface area contributed by atoms with Gasteiger partial charge in [0, 0.05) is 36.5 Å². The number of rotatable bonds is 10. The molecule has 1 heterocycles. The molecule has 4 rings (SSSR count). The van der Waals surface area contributed by atoms with Gasteiger partial charge in [-0.05, 0) is 54.5 Å². The number of amides is 2. The van der Waals surface area contributed by atoms with Gasteiger partial charge in [-0.1, -0.05) is 61.8 Å². The van der Waals surface area contributed by atoms with Crippen molar-refractivity contribution in [3.63, 3.8) is 0 Å². The fourth-order valence-corrected chi connectivity index (χ4v) is 6.41. The van der Waals surface area contributed by atoms with E-state index in [-0.39, 0.29) is 37.2 Å². The summed E-state index contributed by atoms with van der Waals surface area (Å²) < 4.78 is 27.9. The van der Waals surface area contributed by atoms with Crippen molar-refractivity contribution in [3.8, 4) is 0 Å². The van der Waals surface area contributed by atoms with Gasteiger partial charge in [0.1, 0.15) is 6.04 Å². The van der Waals surface area contributed by atoms with E-state index in [2.05, 4.69) is 5.32 Å². The lowest BCUT2D eigenvalue weighted by Crippen LogP contribution is -2.48. The van der Waals surface area contributed by atoms with Gasteiger partial charge in [-0.25, -0.2) is 8.42 Å². The standard InChI is InChI=1S/C28H32ClN3O4S/c1-19(2)17-30-28(34)20(3)31(18-21-12-14-23(29)15-13-21)26(33)11-6-16-32-24-9-4-7-22-8-5-10-25(27(22)24)37(32,35)36/h4-5,7-10,12-15,19-20H,6,11,16-18H2,1-3H3,(H,30,34)/t20-/m1/s1. The summed E-state index contributed by atoms with van der Waals surface area (Å²) in [5.74, 6) is -0.151. The largest absolute Gasteiger partial charge is 0.354 e. The molecule has 37 heavy (non-hydrogen) atoms. The molecule has 0 spiro atoms. The summed E-state index contributed by atoms with van der Waals surface area (Å²) in [6.45, 7) is 6.67. The molecule has 196 valence electrons. The van der Waals surface area contributed by atoms with Crippen LogP contribution in [-0.4, -0.2) is 44.3 Å². The van der Waals surface area contributed by atoms with Crippen molar-refractivity contribution in [2.24, 2.45) is 5.92 Å². The second-order valence-electron chi connectivity index (χ2n) is 9.78. The lowest BCUT2D eigenvalue weighted by Gasteiger charge is -2.29. The van der Waals surface area contributed by atoms with Gasteiger partial charge in [0.25, 0.3) is 10.0 Å². The van der Waals surface area contributed by atoms with Crippen LogP contribution in [0.3, 0.4) is 0 Å². The Bertz CT molecular complexity index is 1400. The van der Waals surface area contributed by atoms with E-state index in [9.17, 15) is 18.0 Å². The number of hydrogen-bond acceptors (Lipinski definition) is 4. The predicted molar refractivity (Wildman–Crippen MR) is 147 cm³/mol. The predicted octanol–water partition coefficient (Wildman–Crippen LogP) is 4.97. The molecule has 0 radical (unpaired) electrons. The Labute approximate surface area is 223 Å². The van der Waals surface area contributed by atoms with Gasteiger partial charge in [-0.15, -0.1) is 0 Å². The summed E-state index contributed by atoms with van der Waals surface area (Å²) in [7, 11) is -3.68. The van der Waals surface area contributed by atoms with Crippen LogP contribution in [0, 0.1) is 5.92 Å². The number of carbonyl (C=O) groups excluding carboxylic acids is 2. The molecular formula is C28H32ClN3O4S. The van der Waals surface area contributed by atoms with E-state index in [4.69, 9.17) is 11.6 Å². The highest BCUT2D eigenvalue weighted by atomic mass is 35.5. The number of nitrogens with zero attached hydrogens (tertiary/aromatic N) is 2. The number of hydrogen-bond donors (Lipinski definition) is 1. The third-order valence-corrected chi connectivity index (χ3v) is 8.66. The molecule has 1 atom stereocenters. The number of benzene rings is 3. The minimum atomic E-state index is -3.68. The van der Waals surface area contributed by atoms with Crippen LogP contribution in [-0.2, 0) is 26.2 Å². The molecule has 9 heteroatoms. The maximum atomic E-state index is 13.4. The maximum absolute atomic E-state index is 13.4. The van der Waals surface area contributed by atoms with Crippen LogP contribution in [0.25, 0.3) is 10.8 Å². The van der Waals surface area contributed by atoms with E-state index in [1.807, 2.05) is 44.2 Å². The van der Waals surface area contributed by atoms with E-state index in [1.54, 1.807) is 42.2 Å². The van der Waals surface area contributed by atoms with Crippen molar-refractivity contribution >= 4 is 49.9 Å². The molecule has 0 saturated heterocycles. The molecule has 3 aromatic carbocycles. The number of nitrogens with one attached hydrogen (secondary N) is 1. The van der Waals surface area contributed by atoms with E-state index in [0.29, 0.717) is 28.6 Å². The van der Waals surface area contributed by atoms with E-state index >= 15 is 0 Å². The zero-order valence-corrected chi connectivity index (χ0v) is 22.8. The molecule has 3 aromatic rings. The van der Waals surface area contributed by atoms with Crippen LogP contribution >= 0.6 is 11.6 Å². The Morgan fingerprint density at radius 1 is 1.00 bits per heavy atom. The van der Waals surface area contributed by atoms with Crippen LogP contribution in [0.15, 0.2) is 65.6 Å². The van der Waals surface area contributed by atoms with Gasteiger partial charge in [0.15, 0.2) is 0 Å². The first-order valence-corrected chi connectivity index (χ1v) is 14.3. The van der Waals surface area contributed by atoms with Gasteiger partial charge < -0.3 is 10.2 Å². The van der Waals surface area contributed by atoms with Gasteiger partial charge in [0.05, 0.1) is 10.6 Å². The normalized spacial score (nSPS) is 14.7. The number of anilines is 1. The van der Waals surface area contributed by atoms with Crippen molar-refractivity contribution in [1.29, 1.82) is 0 Å². The third-order valence-electron chi connectivity index (χ3n) is 6.55. The molecule has 0 aromatic heterocycles. The van der Waals surface area contributed by atoms with Crippen molar-refractivity contribution in [1.82, 2.24) is 10.2 Å². The first-order valence-electron chi connectivity index (χ1n) is 12.5. The van der Waals surface area contributed by atoms with Gasteiger partial charge in [-0.3, -0.25) is 13.9 Å². The molecule has 0 saturated carbocycles. The summed E-state index contributed by atoms with van der Waals surface area (Å²) >= 11 is 6.01. The average molecular weight is 542 g/mol. The van der Waals surface area contributed by atoms with Crippen LogP contribution in [0.1, 0.15) is 39.2 Å². The molecule has 0 bridgehead atoms. The first-order chi connectivity index (χ1) is 17.6. The van der Waals surface area contributed by atoms with Crippen molar-refractivity contribution in [2.75, 3.05) is 17.4 Å². The Balaban J connectivity index is 1.48. The first kappa shape index (κ1) is 26.9. The highest BCUT2D eigenvalue weighted by Gasteiger charge is 2.35. The lowest BCUT2D eigenvalue weighted by molar-refractivity contribution is -0.140. The van der Waals surface area contributed by atoms with Gasteiger partial charge >= 0.3 is 0 Å². The zero-order valence-electron chi connectivity index (χ0n) is 21.3.